The van der Waals surface area contributed by atoms with Gasteiger partial charge in [-0.1, -0.05) is 19.1 Å². The molecule has 1 aromatic rings. The van der Waals surface area contributed by atoms with Crippen molar-refractivity contribution in [3.05, 3.63) is 18.2 Å². The van der Waals surface area contributed by atoms with Gasteiger partial charge in [-0.25, -0.2) is 4.79 Å². The van der Waals surface area contributed by atoms with Crippen molar-refractivity contribution < 1.29 is 23.5 Å². The van der Waals surface area contributed by atoms with Crippen molar-refractivity contribution in [3.63, 3.8) is 0 Å². The van der Waals surface area contributed by atoms with Crippen LogP contribution in [0.2, 0.25) is 0 Å². The maximum Gasteiger partial charge on any atom is 0.427 e. The zero-order valence-corrected chi connectivity index (χ0v) is 13.9. The normalized spacial score (nSPS) is 30.1. The molecule has 1 amide bonds. The molecule has 4 heterocycles. The van der Waals surface area contributed by atoms with Crippen LogP contribution < -0.4 is 10.9 Å². The molecule has 2 bridgehead atoms. The molecule has 0 unspecified atom stereocenters. The zero-order valence-electron chi connectivity index (χ0n) is 13.9. The molecule has 0 radical (unpaired) electrons. The summed E-state index contributed by atoms with van der Waals surface area (Å²) in [7, 11) is 0. The lowest BCUT2D eigenvalue weighted by Gasteiger charge is -2.57. The Morgan fingerprint density at radius 2 is 1.87 bits per heavy atom. The monoisotopic (exact) mass is 321 g/mol. The van der Waals surface area contributed by atoms with E-state index in [2.05, 4.69) is 17.2 Å². The van der Waals surface area contributed by atoms with Crippen molar-refractivity contribution in [2.45, 2.75) is 33.3 Å². The Hall–Kier alpha value is -1.64. The summed E-state index contributed by atoms with van der Waals surface area (Å²) in [6.45, 7) is 7.13. The van der Waals surface area contributed by atoms with E-state index in [0.717, 1.165) is 0 Å². The van der Waals surface area contributed by atoms with E-state index < -0.39 is 18.4 Å². The number of amides is 1. The number of aromatic nitrogens is 1. The summed E-state index contributed by atoms with van der Waals surface area (Å²) in [5.74, 6) is 0.364. The summed E-state index contributed by atoms with van der Waals surface area (Å²) in [5, 5.41) is 2.61. The molecule has 0 saturated carbocycles. The Labute approximate surface area is 135 Å². The van der Waals surface area contributed by atoms with Crippen LogP contribution in [0.4, 0.5) is 10.6 Å². The Kier molecular flexibility index (Phi) is 3.86. The summed E-state index contributed by atoms with van der Waals surface area (Å²) in [5.41, 5.74) is -0.146. The third-order valence-corrected chi connectivity index (χ3v) is 3.72. The standard InChI is InChI=1S/C15H22BN2O5/c1-14(2,3)23-13(19)18-12-7-5-6-11(17-12)16-20-8-15(4,9-21-16)10-22-16/h5-7H,8-10H2,1-4H3,(H,17,18,19)/q-1. The van der Waals surface area contributed by atoms with E-state index in [9.17, 15) is 4.79 Å². The van der Waals surface area contributed by atoms with Gasteiger partial charge in [0.25, 0.3) is 0 Å². The molecule has 0 aliphatic carbocycles. The predicted octanol–water partition coefficient (Wildman–Crippen LogP) is 1.66. The number of nitrogens with zero attached hydrogens (tertiary/aromatic N) is 1. The molecular weight excluding hydrogens is 299 g/mol. The fourth-order valence-corrected chi connectivity index (χ4v) is 2.58. The number of anilines is 1. The largest absolute Gasteiger partial charge is 0.539 e. The molecular formula is C15H22BN2O5-. The lowest BCUT2D eigenvalue weighted by Crippen LogP contribution is -2.69. The van der Waals surface area contributed by atoms with Crippen LogP contribution in [0.5, 0.6) is 0 Å². The molecule has 23 heavy (non-hydrogen) atoms. The van der Waals surface area contributed by atoms with Crippen LogP contribution in [-0.2, 0) is 18.7 Å². The van der Waals surface area contributed by atoms with Crippen molar-refractivity contribution in [1.29, 1.82) is 0 Å². The van der Waals surface area contributed by atoms with Gasteiger partial charge in [0.15, 0.2) is 0 Å². The zero-order chi connectivity index (χ0) is 16.7. The van der Waals surface area contributed by atoms with Crippen LogP contribution in [0, 0.1) is 5.41 Å². The van der Waals surface area contributed by atoms with Crippen molar-refractivity contribution in [1.82, 2.24) is 4.98 Å². The molecule has 3 aliphatic rings. The average Bonchev–Trinajstić information content (AvgIpc) is 2.46. The Morgan fingerprint density at radius 1 is 1.26 bits per heavy atom. The van der Waals surface area contributed by atoms with Crippen LogP contribution in [0.1, 0.15) is 27.7 Å². The highest BCUT2D eigenvalue weighted by Crippen LogP contribution is 2.34. The number of carbonyl (C=O) groups is 1. The lowest BCUT2D eigenvalue weighted by atomic mass is 9.67. The SMILES string of the molecule is CC12CO[B-](c3cccc(NC(=O)OC(C)(C)C)n3)(OC1)OC2. The summed E-state index contributed by atoms with van der Waals surface area (Å²) >= 11 is 0. The van der Waals surface area contributed by atoms with Crippen molar-refractivity contribution in [2.75, 3.05) is 25.1 Å². The molecule has 1 N–H and O–H groups in total. The minimum Gasteiger partial charge on any atom is -0.539 e. The highest BCUT2D eigenvalue weighted by atomic mass is 16.8. The molecule has 3 saturated heterocycles. The first-order valence-corrected chi connectivity index (χ1v) is 7.73. The quantitative estimate of drug-likeness (QED) is 0.835. The summed E-state index contributed by atoms with van der Waals surface area (Å²) in [4.78, 5) is 16.3. The number of pyridine rings is 1. The highest BCUT2D eigenvalue weighted by molar-refractivity contribution is 6.75. The first kappa shape index (κ1) is 16.2. The van der Waals surface area contributed by atoms with Crippen LogP contribution in [0.25, 0.3) is 0 Å². The number of carbonyl (C=O) groups excluding carboxylic acids is 1. The van der Waals surface area contributed by atoms with Gasteiger partial charge in [0.05, 0.1) is 0 Å². The molecule has 0 spiro atoms. The van der Waals surface area contributed by atoms with Crippen LogP contribution in [-0.4, -0.2) is 43.3 Å². The third kappa shape index (κ3) is 3.49. The summed E-state index contributed by atoms with van der Waals surface area (Å²) < 4.78 is 22.6. The van der Waals surface area contributed by atoms with E-state index in [1.807, 2.05) is 0 Å². The minimum absolute atomic E-state index is 0.101. The number of fused-ring (bicyclic) bond motifs is 3. The lowest BCUT2D eigenvalue weighted by molar-refractivity contribution is -0.119. The third-order valence-electron chi connectivity index (χ3n) is 3.72. The molecule has 7 nitrogen and oxygen atoms in total. The van der Waals surface area contributed by atoms with E-state index in [-0.39, 0.29) is 5.41 Å². The second-order valence-corrected chi connectivity index (χ2v) is 7.46. The first-order valence-electron chi connectivity index (χ1n) is 7.73. The van der Waals surface area contributed by atoms with Gasteiger partial charge in [-0.05, 0) is 32.4 Å². The first-order chi connectivity index (χ1) is 10.7. The van der Waals surface area contributed by atoms with Gasteiger partial charge in [0, 0.05) is 25.2 Å². The van der Waals surface area contributed by atoms with Gasteiger partial charge in [-0.2, -0.15) is 0 Å². The van der Waals surface area contributed by atoms with Gasteiger partial charge in [-0.3, -0.25) is 10.3 Å². The molecule has 126 valence electrons. The van der Waals surface area contributed by atoms with E-state index in [1.54, 1.807) is 39.0 Å². The molecule has 3 fully saturated rings. The topological polar surface area (TPSA) is 78.9 Å². The van der Waals surface area contributed by atoms with Gasteiger partial charge in [0.1, 0.15) is 11.4 Å². The second kappa shape index (κ2) is 5.47. The maximum atomic E-state index is 11.9. The molecule has 1 aromatic heterocycles. The van der Waals surface area contributed by atoms with Crippen LogP contribution in [0.15, 0.2) is 18.2 Å². The van der Waals surface area contributed by atoms with E-state index in [0.29, 0.717) is 31.2 Å². The van der Waals surface area contributed by atoms with Crippen molar-refractivity contribution >= 4 is 24.3 Å². The fraction of sp³-hybridized carbons (Fsp3) is 0.600. The smallest absolute Gasteiger partial charge is 0.427 e. The maximum absolute atomic E-state index is 11.9. The fourth-order valence-electron chi connectivity index (χ4n) is 2.58. The van der Waals surface area contributed by atoms with Crippen molar-refractivity contribution in [2.24, 2.45) is 5.41 Å². The number of rotatable bonds is 2. The van der Waals surface area contributed by atoms with E-state index >= 15 is 0 Å². The average molecular weight is 321 g/mol. The number of nitrogens with one attached hydrogen (secondary N) is 1. The highest BCUT2D eigenvalue weighted by Gasteiger charge is 2.47. The molecule has 3 aliphatic heterocycles. The van der Waals surface area contributed by atoms with Gasteiger partial charge >= 0.3 is 12.8 Å². The summed E-state index contributed by atoms with van der Waals surface area (Å²) in [6.07, 6.45) is -0.560. The summed E-state index contributed by atoms with van der Waals surface area (Å²) in [6, 6.07) is 5.22. The molecule has 0 atom stereocenters. The van der Waals surface area contributed by atoms with E-state index in [4.69, 9.17) is 18.7 Å². The predicted molar refractivity (Wildman–Crippen MR) is 85.4 cm³/mol. The van der Waals surface area contributed by atoms with Crippen LogP contribution in [0.3, 0.4) is 0 Å². The van der Waals surface area contributed by atoms with Crippen LogP contribution >= 0.6 is 0 Å². The number of ether oxygens (including phenoxy) is 1. The Morgan fingerprint density at radius 3 is 2.43 bits per heavy atom. The molecule has 4 rings (SSSR count). The molecule has 0 aromatic carbocycles. The van der Waals surface area contributed by atoms with Gasteiger partial charge < -0.3 is 18.7 Å². The van der Waals surface area contributed by atoms with Crippen molar-refractivity contribution in [3.8, 4) is 0 Å². The second-order valence-electron chi connectivity index (χ2n) is 7.46. The number of hydrogen-bond donors (Lipinski definition) is 1. The van der Waals surface area contributed by atoms with Gasteiger partial charge in [0.2, 0.25) is 0 Å². The molecule has 8 heteroatoms. The van der Waals surface area contributed by atoms with E-state index in [1.165, 1.54) is 0 Å². The minimum atomic E-state index is -2.03. The Balaban J connectivity index is 1.74. The Bertz CT molecular complexity index is 592. The number of hydrogen-bond acceptors (Lipinski definition) is 6. The van der Waals surface area contributed by atoms with Gasteiger partial charge in [-0.15, -0.1) is 0 Å².